The van der Waals surface area contributed by atoms with Gasteiger partial charge in [0.1, 0.15) is 10.6 Å². The van der Waals surface area contributed by atoms with Crippen LogP contribution in [0.5, 0.6) is 0 Å². The maximum absolute atomic E-state index is 13.2. The van der Waals surface area contributed by atoms with E-state index in [4.69, 9.17) is 4.52 Å². The van der Waals surface area contributed by atoms with Crippen molar-refractivity contribution in [3.63, 3.8) is 0 Å². The molecular weight excluding hydrogens is 428 g/mol. The second-order valence-electron chi connectivity index (χ2n) is 9.45. The predicted molar refractivity (Wildman–Crippen MR) is 116 cm³/mol. The van der Waals surface area contributed by atoms with Crippen LogP contribution in [0.4, 0.5) is 0 Å². The molecule has 9 heteroatoms. The van der Waals surface area contributed by atoms with Crippen LogP contribution in [-0.2, 0) is 10.0 Å². The number of imidazole rings is 1. The monoisotopic (exact) mass is 454 g/mol. The molecule has 1 saturated carbocycles. The topological polar surface area (TPSA) is 101 Å². The molecule has 1 aromatic carbocycles. The van der Waals surface area contributed by atoms with Crippen LogP contribution in [0, 0.1) is 25.2 Å². The summed E-state index contributed by atoms with van der Waals surface area (Å²) >= 11 is 0. The number of benzene rings is 1. The van der Waals surface area contributed by atoms with Crippen molar-refractivity contribution in [2.75, 3.05) is 13.1 Å². The first-order valence-corrected chi connectivity index (χ1v) is 12.5. The minimum atomic E-state index is -3.65. The van der Waals surface area contributed by atoms with Crippen LogP contribution in [0.1, 0.15) is 42.3 Å². The lowest BCUT2D eigenvalue weighted by atomic mass is 9.53. The summed E-state index contributed by atoms with van der Waals surface area (Å²) in [6.45, 7) is 4.07. The smallest absolute Gasteiger partial charge is 0.248 e. The van der Waals surface area contributed by atoms with E-state index in [2.05, 4.69) is 26.8 Å². The van der Waals surface area contributed by atoms with Gasteiger partial charge in [-0.2, -0.15) is 4.31 Å². The molecule has 8 nitrogen and oxygen atoms in total. The first-order chi connectivity index (χ1) is 15.3. The summed E-state index contributed by atoms with van der Waals surface area (Å²) < 4.78 is 35.1. The van der Waals surface area contributed by atoms with Gasteiger partial charge in [0.05, 0.1) is 30.4 Å². The lowest BCUT2D eigenvalue weighted by molar-refractivity contribution is -0.152. The minimum Gasteiger partial charge on any atom is -0.392 e. The fraction of sp³-hybridized carbons (Fsp3) is 0.478. The fourth-order valence-electron chi connectivity index (χ4n) is 6.23. The van der Waals surface area contributed by atoms with Gasteiger partial charge in [-0.25, -0.2) is 13.4 Å². The van der Waals surface area contributed by atoms with E-state index in [1.54, 1.807) is 13.8 Å². The average Bonchev–Trinajstić information content (AvgIpc) is 3.47. The van der Waals surface area contributed by atoms with Gasteiger partial charge >= 0.3 is 0 Å². The zero-order valence-corrected chi connectivity index (χ0v) is 18.9. The fourth-order valence-corrected chi connectivity index (χ4v) is 7.97. The van der Waals surface area contributed by atoms with Crippen molar-refractivity contribution >= 4 is 10.0 Å². The highest BCUT2D eigenvalue weighted by molar-refractivity contribution is 7.89. The van der Waals surface area contributed by atoms with Gasteiger partial charge in [-0.3, -0.25) is 0 Å². The van der Waals surface area contributed by atoms with Gasteiger partial charge in [0.25, 0.3) is 0 Å². The van der Waals surface area contributed by atoms with Crippen LogP contribution >= 0.6 is 0 Å². The molecule has 168 valence electrons. The summed E-state index contributed by atoms with van der Waals surface area (Å²) in [6.07, 6.45) is 5.45. The van der Waals surface area contributed by atoms with Crippen molar-refractivity contribution in [3.05, 3.63) is 53.8 Å². The summed E-state index contributed by atoms with van der Waals surface area (Å²) in [6, 6.07) is 8.41. The van der Waals surface area contributed by atoms with Gasteiger partial charge in [0, 0.05) is 24.6 Å². The molecule has 0 radical (unpaired) electrons. The van der Waals surface area contributed by atoms with E-state index < -0.39 is 16.1 Å². The second kappa shape index (κ2) is 6.76. The normalized spacial score (nSPS) is 26.7. The zero-order chi connectivity index (χ0) is 22.3. The van der Waals surface area contributed by atoms with Crippen LogP contribution in [-0.4, -0.2) is 51.7 Å². The third kappa shape index (κ3) is 2.58. The third-order valence-electron chi connectivity index (χ3n) is 7.89. The lowest BCUT2D eigenvalue weighted by Gasteiger charge is -2.57. The van der Waals surface area contributed by atoms with E-state index in [-0.39, 0.29) is 22.3 Å². The molecule has 0 unspecified atom stereocenters. The molecular formula is C23H26N4O4S. The highest BCUT2D eigenvalue weighted by atomic mass is 32.2. The number of hydrogen-bond donors (Lipinski definition) is 1. The third-order valence-corrected chi connectivity index (χ3v) is 10.0. The van der Waals surface area contributed by atoms with Crippen LogP contribution in [0.2, 0.25) is 0 Å². The van der Waals surface area contributed by atoms with Crippen molar-refractivity contribution in [1.29, 1.82) is 0 Å². The molecule has 3 atom stereocenters. The number of piperidine rings is 1. The van der Waals surface area contributed by atoms with E-state index in [1.807, 2.05) is 24.7 Å². The Morgan fingerprint density at radius 3 is 2.62 bits per heavy atom. The largest absolute Gasteiger partial charge is 0.392 e. The van der Waals surface area contributed by atoms with Crippen molar-refractivity contribution in [2.45, 2.75) is 50.2 Å². The number of aliphatic hydroxyl groups excluding tert-OH is 1. The van der Waals surface area contributed by atoms with Crippen LogP contribution < -0.4 is 0 Å². The van der Waals surface area contributed by atoms with Gasteiger partial charge in [-0.05, 0) is 44.1 Å². The number of aryl methyl sites for hydroxylation is 2. The van der Waals surface area contributed by atoms with Crippen molar-refractivity contribution in [2.24, 2.45) is 11.3 Å². The Labute approximate surface area is 186 Å². The first-order valence-electron chi connectivity index (χ1n) is 11.1. The molecule has 1 N–H and O–H groups in total. The number of sulfonamides is 1. The number of aromatic nitrogens is 3. The Hall–Kier alpha value is -2.49. The molecule has 3 aromatic rings. The van der Waals surface area contributed by atoms with Crippen LogP contribution in [0.3, 0.4) is 0 Å². The highest BCUT2D eigenvalue weighted by Crippen LogP contribution is 2.59. The lowest BCUT2D eigenvalue weighted by Crippen LogP contribution is -2.59. The molecule has 4 heterocycles. The molecule has 0 bridgehead atoms. The molecule has 0 amide bonds. The Bertz CT molecular complexity index is 1280. The number of fused-ring (bicyclic) bond motifs is 3. The summed E-state index contributed by atoms with van der Waals surface area (Å²) in [5.74, 6) is 0.417. The van der Waals surface area contributed by atoms with Gasteiger partial charge < -0.3 is 14.2 Å². The minimum absolute atomic E-state index is 0.0772. The van der Waals surface area contributed by atoms with Crippen molar-refractivity contribution in [1.82, 2.24) is 19.0 Å². The Morgan fingerprint density at radius 2 is 1.94 bits per heavy atom. The summed E-state index contributed by atoms with van der Waals surface area (Å²) in [5.41, 5.74) is 3.68. The van der Waals surface area contributed by atoms with Crippen molar-refractivity contribution < 1.29 is 18.0 Å². The first kappa shape index (κ1) is 20.1. The van der Waals surface area contributed by atoms with E-state index >= 15 is 0 Å². The molecule has 2 aromatic heterocycles. The molecule has 1 saturated heterocycles. The van der Waals surface area contributed by atoms with E-state index in [9.17, 15) is 13.5 Å². The number of nitrogens with zero attached hydrogens (tertiary/aromatic N) is 4. The molecule has 2 aliphatic heterocycles. The highest BCUT2D eigenvalue weighted by Gasteiger charge is 2.58. The van der Waals surface area contributed by atoms with Crippen LogP contribution in [0.15, 0.2) is 46.2 Å². The molecule has 1 spiro atoms. The standard InChI is InChI=1S/C23H26N4O4S/c1-14-21(15(2)31-25-14)32(29,30)26-9-7-23(8-10-26)11-18(22(23)28)20-17-6-4-3-5-16(17)19-12-24-13-27(19)20/h3-6,12-13,18,20,22,28H,7-11H2,1-2H3/t18-,20+,22+/m0/s1. The van der Waals surface area contributed by atoms with E-state index in [0.29, 0.717) is 37.4 Å². The van der Waals surface area contributed by atoms with Gasteiger partial charge in [-0.15, -0.1) is 0 Å². The SMILES string of the molecule is Cc1noc(C)c1S(=O)(=O)N1CCC2(CC1)C[C@@H]([C@H]1c3ccccc3-c3cncn31)[C@H]2O. The summed E-state index contributed by atoms with van der Waals surface area (Å²) in [5, 5.41) is 15.2. The number of hydrogen-bond acceptors (Lipinski definition) is 6. The van der Waals surface area contributed by atoms with Crippen molar-refractivity contribution in [3.8, 4) is 11.3 Å². The maximum atomic E-state index is 13.2. The summed E-state index contributed by atoms with van der Waals surface area (Å²) in [7, 11) is -3.65. The Kier molecular flexibility index (Phi) is 4.25. The predicted octanol–water partition coefficient (Wildman–Crippen LogP) is 2.91. The average molecular weight is 455 g/mol. The van der Waals surface area contributed by atoms with E-state index in [1.165, 1.54) is 15.4 Å². The van der Waals surface area contributed by atoms with Gasteiger partial charge in [0.15, 0.2) is 5.76 Å². The zero-order valence-electron chi connectivity index (χ0n) is 18.1. The van der Waals surface area contributed by atoms with Gasteiger partial charge in [0.2, 0.25) is 10.0 Å². The molecule has 2 fully saturated rings. The Morgan fingerprint density at radius 1 is 1.19 bits per heavy atom. The Balaban J connectivity index is 1.21. The van der Waals surface area contributed by atoms with E-state index in [0.717, 1.165) is 12.1 Å². The quantitative estimate of drug-likeness (QED) is 0.653. The second-order valence-corrected chi connectivity index (χ2v) is 11.3. The summed E-state index contributed by atoms with van der Waals surface area (Å²) in [4.78, 5) is 4.51. The molecule has 6 rings (SSSR count). The van der Waals surface area contributed by atoms with Gasteiger partial charge in [-0.1, -0.05) is 29.4 Å². The number of rotatable bonds is 3. The van der Waals surface area contributed by atoms with Crippen LogP contribution in [0.25, 0.3) is 11.3 Å². The molecule has 1 aliphatic carbocycles. The maximum Gasteiger partial charge on any atom is 0.248 e. The molecule has 32 heavy (non-hydrogen) atoms. The number of aliphatic hydroxyl groups is 1. The molecule has 3 aliphatic rings.